The SMILES string of the molecule is Bc1cc(Nc2c(C(=O)NOCCO)cc3c(ncn3C)c2F)c(Cl)c(B)c1Br. The summed E-state index contributed by atoms with van der Waals surface area (Å²) in [4.78, 5) is 21.6. The molecule has 2 aromatic carbocycles. The fraction of sp³-hybridized carbons (Fsp3) is 0.176. The average molecular weight is 481 g/mol. The van der Waals surface area contributed by atoms with Gasteiger partial charge in [-0.1, -0.05) is 38.5 Å². The van der Waals surface area contributed by atoms with Crippen molar-refractivity contribution in [1.82, 2.24) is 15.0 Å². The molecule has 0 radical (unpaired) electrons. The maximum absolute atomic E-state index is 15.3. The normalized spacial score (nSPS) is 11.1. The van der Waals surface area contributed by atoms with Crippen molar-refractivity contribution in [3.8, 4) is 0 Å². The number of aliphatic hydroxyl groups excluding tert-OH is 1. The first-order valence-corrected chi connectivity index (χ1v) is 9.82. The molecule has 3 N–H and O–H groups in total. The average Bonchev–Trinajstić information content (AvgIpc) is 3.07. The Morgan fingerprint density at radius 1 is 1.45 bits per heavy atom. The van der Waals surface area contributed by atoms with Crippen LogP contribution in [0.25, 0.3) is 11.0 Å². The van der Waals surface area contributed by atoms with Crippen LogP contribution in [-0.2, 0) is 11.9 Å². The predicted molar refractivity (Wildman–Crippen MR) is 120 cm³/mol. The second-order valence-corrected chi connectivity index (χ2v) is 7.63. The molecule has 0 fully saturated rings. The highest BCUT2D eigenvalue weighted by Crippen LogP contribution is 2.33. The van der Waals surface area contributed by atoms with E-state index in [1.165, 1.54) is 12.4 Å². The molecule has 0 spiro atoms. The van der Waals surface area contributed by atoms with Crippen LogP contribution in [0.3, 0.4) is 0 Å². The van der Waals surface area contributed by atoms with Gasteiger partial charge in [0.2, 0.25) is 0 Å². The lowest BCUT2D eigenvalue weighted by atomic mass is 9.86. The summed E-state index contributed by atoms with van der Waals surface area (Å²) in [6.45, 7) is -0.366. The van der Waals surface area contributed by atoms with Gasteiger partial charge < -0.3 is 15.0 Å². The molecule has 3 aromatic rings. The molecule has 3 rings (SSSR count). The van der Waals surface area contributed by atoms with E-state index in [1.807, 2.05) is 15.7 Å². The van der Waals surface area contributed by atoms with Crippen molar-refractivity contribution in [1.29, 1.82) is 0 Å². The summed E-state index contributed by atoms with van der Waals surface area (Å²) in [7, 11) is 5.41. The van der Waals surface area contributed by atoms with Crippen molar-refractivity contribution in [3.63, 3.8) is 0 Å². The Labute approximate surface area is 181 Å². The summed E-state index contributed by atoms with van der Waals surface area (Å²) >= 11 is 9.91. The molecule has 0 unspecified atom stereocenters. The fourth-order valence-electron chi connectivity index (χ4n) is 2.91. The number of aromatic nitrogens is 2. The molecule has 12 heteroatoms. The number of nitrogens with one attached hydrogen (secondary N) is 2. The summed E-state index contributed by atoms with van der Waals surface area (Å²) in [5.41, 5.74) is 4.81. The molecule has 0 aliphatic rings. The van der Waals surface area contributed by atoms with Crippen LogP contribution in [-0.4, -0.2) is 49.5 Å². The van der Waals surface area contributed by atoms with E-state index in [0.717, 1.165) is 15.4 Å². The zero-order valence-corrected chi connectivity index (χ0v) is 18.3. The standard InChI is InChI=1S/C17H17B2BrClFN4O3/c1-26-6-23-16-10(26)4-7(17(28)25-29-3-2-27)15(14(16)22)24-9-5-8(18)12(20)11(19)13(9)21/h4-6,24,27H,2-3,18-19H2,1H3,(H,25,28). The molecule has 0 aliphatic heterocycles. The zero-order valence-electron chi connectivity index (χ0n) is 15.9. The van der Waals surface area contributed by atoms with Gasteiger partial charge >= 0.3 is 0 Å². The Balaban J connectivity index is 2.14. The van der Waals surface area contributed by atoms with E-state index in [2.05, 4.69) is 31.7 Å². The van der Waals surface area contributed by atoms with Crippen LogP contribution in [0.4, 0.5) is 15.8 Å². The quantitative estimate of drug-likeness (QED) is 0.263. The highest BCUT2D eigenvalue weighted by molar-refractivity contribution is 9.10. The summed E-state index contributed by atoms with van der Waals surface area (Å²) in [5, 5.41) is 12.2. The summed E-state index contributed by atoms with van der Waals surface area (Å²) in [5.74, 6) is -1.37. The van der Waals surface area contributed by atoms with Gasteiger partial charge in [-0.3, -0.25) is 9.63 Å². The topological polar surface area (TPSA) is 88.4 Å². The lowest BCUT2D eigenvalue weighted by molar-refractivity contribution is 0.0169. The monoisotopic (exact) mass is 480 g/mol. The highest BCUT2D eigenvalue weighted by Gasteiger charge is 2.23. The molecule has 0 saturated carbocycles. The van der Waals surface area contributed by atoms with E-state index in [9.17, 15) is 4.79 Å². The van der Waals surface area contributed by atoms with E-state index < -0.39 is 11.7 Å². The number of hydrogen-bond acceptors (Lipinski definition) is 5. The summed E-state index contributed by atoms with van der Waals surface area (Å²) < 4.78 is 17.8. The second-order valence-electron chi connectivity index (χ2n) is 6.46. The molecule has 29 heavy (non-hydrogen) atoms. The van der Waals surface area contributed by atoms with Gasteiger partial charge in [0, 0.05) is 11.5 Å². The largest absolute Gasteiger partial charge is 0.394 e. The Kier molecular flexibility index (Phi) is 6.52. The minimum absolute atomic E-state index is 0.00540. The number of halogens is 3. The van der Waals surface area contributed by atoms with E-state index in [4.69, 9.17) is 21.5 Å². The Bertz CT molecular complexity index is 1110. The number of aliphatic hydroxyl groups is 1. The number of benzene rings is 2. The van der Waals surface area contributed by atoms with Crippen molar-refractivity contribution in [2.75, 3.05) is 18.5 Å². The van der Waals surface area contributed by atoms with Gasteiger partial charge in [-0.25, -0.2) is 14.9 Å². The molecule has 1 amide bonds. The van der Waals surface area contributed by atoms with Crippen molar-refractivity contribution in [3.05, 3.63) is 39.3 Å². The minimum atomic E-state index is -0.690. The molecular weight excluding hydrogens is 464 g/mol. The van der Waals surface area contributed by atoms with Gasteiger partial charge in [0.1, 0.15) is 21.2 Å². The first-order chi connectivity index (χ1) is 13.8. The van der Waals surface area contributed by atoms with Crippen LogP contribution < -0.4 is 21.7 Å². The van der Waals surface area contributed by atoms with Crippen molar-refractivity contribution >= 4 is 82.5 Å². The predicted octanol–water partition coefficient (Wildman–Crippen LogP) is 0.0424. The number of rotatable bonds is 6. The van der Waals surface area contributed by atoms with Gasteiger partial charge in [-0.15, -0.1) is 0 Å². The molecular formula is C17H17B2BrClFN4O3. The van der Waals surface area contributed by atoms with E-state index in [0.29, 0.717) is 16.2 Å². The zero-order chi connectivity index (χ0) is 21.3. The number of hydrogen-bond donors (Lipinski definition) is 3. The van der Waals surface area contributed by atoms with Crippen LogP contribution in [0.5, 0.6) is 0 Å². The number of fused-ring (bicyclic) bond motifs is 1. The van der Waals surface area contributed by atoms with Gasteiger partial charge in [0.25, 0.3) is 5.91 Å². The number of carbonyl (C=O) groups excluding carboxylic acids is 1. The van der Waals surface area contributed by atoms with Gasteiger partial charge in [0.05, 0.1) is 47.0 Å². The maximum Gasteiger partial charge on any atom is 0.277 e. The second kappa shape index (κ2) is 8.74. The fourth-order valence-corrected chi connectivity index (χ4v) is 3.53. The van der Waals surface area contributed by atoms with Crippen LogP contribution in [0.2, 0.25) is 5.02 Å². The van der Waals surface area contributed by atoms with E-state index >= 15 is 4.39 Å². The van der Waals surface area contributed by atoms with Crippen molar-refractivity contribution < 1.29 is 19.1 Å². The lowest BCUT2D eigenvalue weighted by Gasteiger charge is -2.17. The Morgan fingerprint density at radius 3 is 2.86 bits per heavy atom. The number of aryl methyl sites for hydroxylation is 1. The summed E-state index contributed by atoms with van der Waals surface area (Å²) in [6, 6.07) is 3.27. The van der Waals surface area contributed by atoms with Crippen LogP contribution in [0.1, 0.15) is 10.4 Å². The maximum atomic E-state index is 15.3. The third kappa shape index (κ3) is 4.13. The molecule has 7 nitrogen and oxygen atoms in total. The number of amides is 1. The first-order valence-electron chi connectivity index (χ1n) is 8.65. The van der Waals surface area contributed by atoms with Gasteiger partial charge in [-0.05, 0) is 12.1 Å². The van der Waals surface area contributed by atoms with Crippen molar-refractivity contribution in [2.24, 2.45) is 7.05 Å². The van der Waals surface area contributed by atoms with Crippen LogP contribution in [0.15, 0.2) is 22.9 Å². The van der Waals surface area contributed by atoms with Gasteiger partial charge in [-0.2, -0.15) is 0 Å². The van der Waals surface area contributed by atoms with Gasteiger partial charge in [0.15, 0.2) is 5.82 Å². The Morgan fingerprint density at radius 2 is 2.17 bits per heavy atom. The number of imidazole rings is 1. The third-order valence-corrected chi connectivity index (χ3v) is 6.13. The molecule has 1 heterocycles. The number of nitrogens with zero attached hydrogens (tertiary/aromatic N) is 2. The molecule has 0 atom stereocenters. The third-order valence-electron chi connectivity index (χ3n) is 4.42. The first kappa shape index (κ1) is 21.6. The summed E-state index contributed by atoms with van der Waals surface area (Å²) in [6.07, 6.45) is 1.46. The highest BCUT2D eigenvalue weighted by atomic mass is 79.9. The lowest BCUT2D eigenvalue weighted by Crippen LogP contribution is -2.26. The van der Waals surface area contributed by atoms with E-state index in [1.54, 1.807) is 17.7 Å². The number of anilines is 2. The van der Waals surface area contributed by atoms with Crippen LogP contribution in [0, 0.1) is 5.82 Å². The molecule has 0 bridgehead atoms. The Hall–Kier alpha value is -2.07. The van der Waals surface area contributed by atoms with Crippen LogP contribution >= 0.6 is 27.5 Å². The van der Waals surface area contributed by atoms with E-state index in [-0.39, 0.29) is 30.0 Å². The minimum Gasteiger partial charge on any atom is -0.394 e. The smallest absolute Gasteiger partial charge is 0.277 e. The molecule has 0 aliphatic carbocycles. The van der Waals surface area contributed by atoms with Crippen molar-refractivity contribution in [2.45, 2.75) is 0 Å². The molecule has 150 valence electrons. The molecule has 1 aromatic heterocycles. The number of carbonyl (C=O) groups is 1. The number of hydroxylamine groups is 1. The molecule has 0 saturated heterocycles.